The van der Waals surface area contributed by atoms with Gasteiger partial charge in [-0.1, -0.05) is 30.3 Å². The summed E-state index contributed by atoms with van der Waals surface area (Å²) in [6.07, 6.45) is 0.380. The molecule has 0 amide bonds. The van der Waals surface area contributed by atoms with E-state index >= 15 is 0 Å². The van der Waals surface area contributed by atoms with E-state index < -0.39 is 5.97 Å². The molecule has 2 aromatic heterocycles. The van der Waals surface area contributed by atoms with E-state index in [-0.39, 0.29) is 12.3 Å². The number of nitrogens with zero attached hydrogens (tertiary/aromatic N) is 3. The Bertz CT molecular complexity index is 1580. The highest BCUT2D eigenvalue weighted by atomic mass is 16.4. The summed E-state index contributed by atoms with van der Waals surface area (Å²) in [5, 5.41) is 24.8. The van der Waals surface area contributed by atoms with Crippen LogP contribution in [0.5, 0.6) is 0 Å². The third-order valence-corrected chi connectivity index (χ3v) is 6.24. The maximum atomic E-state index is 11.1. The average Bonchev–Trinajstić information content (AvgIpc) is 3.52. The van der Waals surface area contributed by atoms with Crippen molar-refractivity contribution in [1.29, 1.82) is 5.41 Å². The lowest BCUT2D eigenvalue weighted by atomic mass is 10.1. The van der Waals surface area contributed by atoms with Gasteiger partial charge in [-0.3, -0.25) is 10.2 Å². The first kappa shape index (κ1) is 23.8. The van der Waals surface area contributed by atoms with Gasteiger partial charge in [-0.15, -0.1) is 0 Å². The van der Waals surface area contributed by atoms with Gasteiger partial charge >= 0.3 is 5.97 Å². The van der Waals surface area contributed by atoms with Crippen molar-refractivity contribution in [2.45, 2.75) is 26.3 Å². The summed E-state index contributed by atoms with van der Waals surface area (Å²) in [6.45, 7) is 2.52. The van der Waals surface area contributed by atoms with Crippen molar-refractivity contribution < 1.29 is 9.90 Å². The van der Waals surface area contributed by atoms with Crippen LogP contribution in [0.4, 0.5) is 5.69 Å². The molecule has 5 aromatic rings. The number of benzene rings is 3. The van der Waals surface area contributed by atoms with Gasteiger partial charge in [0, 0.05) is 28.8 Å². The summed E-state index contributed by atoms with van der Waals surface area (Å²) < 4.78 is 1.88. The third-order valence-electron chi connectivity index (χ3n) is 6.24. The minimum atomic E-state index is -0.846. The molecule has 3 aromatic carbocycles. The van der Waals surface area contributed by atoms with Crippen molar-refractivity contribution >= 4 is 28.5 Å². The number of aromatic amines is 1. The fourth-order valence-corrected chi connectivity index (χ4v) is 4.30. The topological polar surface area (TPSA) is 146 Å². The minimum Gasteiger partial charge on any atom is -0.481 e. The van der Waals surface area contributed by atoms with Gasteiger partial charge in [-0.2, -0.15) is 5.10 Å². The predicted octanol–water partition coefficient (Wildman–Crippen LogP) is 4.64. The average molecular weight is 494 g/mol. The van der Waals surface area contributed by atoms with E-state index in [2.05, 4.69) is 10.3 Å². The molecular formula is C28H27N7O2. The lowest BCUT2D eigenvalue weighted by Crippen LogP contribution is -2.10. The van der Waals surface area contributed by atoms with Crippen LogP contribution in [0.25, 0.3) is 28.0 Å². The van der Waals surface area contributed by atoms with Gasteiger partial charge < -0.3 is 21.1 Å². The molecule has 5 rings (SSSR count). The number of carboxylic acids is 1. The Morgan fingerprint density at radius 1 is 1.11 bits per heavy atom. The molecule has 0 aliphatic heterocycles. The standard InChI is InChI=1S/C28H27N7O2/c1-17-23(35-24(18-5-3-2-4-6-18)15-21(34-35)11-14-26(36)37)13-12-22-27(17)33-25(32-22)16-31-20-9-7-19(8-10-20)28(29)30/h2-10,12-13,15,31H,11,14,16H2,1H3,(H3,29,30)(H,32,33)(H,36,37). The predicted molar refractivity (Wildman–Crippen MR) is 144 cm³/mol. The summed E-state index contributed by atoms with van der Waals surface area (Å²) in [5.74, 6) is -0.0191. The van der Waals surface area contributed by atoms with Gasteiger partial charge in [0.15, 0.2) is 0 Å². The van der Waals surface area contributed by atoms with Crippen molar-refractivity contribution in [3.05, 3.63) is 95.4 Å². The lowest BCUT2D eigenvalue weighted by Gasteiger charge is -2.11. The number of imidazole rings is 1. The fourth-order valence-electron chi connectivity index (χ4n) is 4.30. The van der Waals surface area contributed by atoms with Crippen LogP contribution in [0, 0.1) is 12.3 Å². The van der Waals surface area contributed by atoms with Gasteiger partial charge in [-0.25, -0.2) is 9.67 Å². The Kier molecular flexibility index (Phi) is 6.42. The highest BCUT2D eigenvalue weighted by molar-refractivity contribution is 5.95. The fraction of sp³-hybridized carbons (Fsp3) is 0.143. The second kappa shape index (κ2) is 9.98. The first-order chi connectivity index (χ1) is 17.9. The van der Waals surface area contributed by atoms with E-state index in [1.807, 2.05) is 72.3 Å². The van der Waals surface area contributed by atoms with E-state index in [1.54, 1.807) is 12.1 Å². The van der Waals surface area contributed by atoms with Crippen molar-refractivity contribution in [2.24, 2.45) is 5.73 Å². The van der Waals surface area contributed by atoms with Crippen LogP contribution in [0.2, 0.25) is 0 Å². The van der Waals surface area contributed by atoms with Crippen molar-refractivity contribution in [2.75, 3.05) is 5.32 Å². The van der Waals surface area contributed by atoms with Gasteiger partial charge in [-0.05, 0) is 49.4 Å². The maximum absolute atomic E-state index is 11.1. The number of carbonyl (C=O) groups is 1. The second-order valence-electron chi connectivity index (χ2n) is 8.83. The van der Waals surface area contributed by atoms with Crippen LogP contribution in [-0.4, -0.2) is 36.7 Å². The summed E-state index contributed by atoms with van der Waals surface area (Å²) in [6, 6.07) is 23.3. The molecule has 186 valence electrons. The number of nitrogens with two attached hydrogens (primary N) is 1. The molecule has 0 atom stereocenters. The summed E-state index contributed by atoms with van der Waals surface area (Å²) in [5.41, 5.74) is 13.4. The first-order valence-electron chi connectivity index (χ1n) is 11.9. The molecule has 2 heterocycles. The summed E-state index contributed by atoms with van der Waals surface area (Å²) in [4.78, 5) is 19.3. The van der Waals surface area contributed by atoms with Crippen molar-refractivity contribution in [3.63, 3.8) is 0 Å². The number of H-pyrrole nitrogens is 1. The smallest absolute Gasteiger partial charge is 0.303 e. The highest BCUT2D eigenvalue weighted by Crippen LogP contribution is 2.29. The number of amidine groups is 1. The molecule has 6 N–H and O–H groups in total. The molecule has 0 aliphatic carbocycles. The largest absolute Gasteiger partial charge is 0.481 e. The first-order valence-corrected chi connectivity index (χ1v) is 11.9. The van der Waals surface area contributed by atoms with E-state index in [0.717, 1.165) is 50.7 Å². The van der Waals surface area contributed by atoms with Crippen LogP contribution >= 0.6 is 0 Å². The van der Waals surface area contributed by atoms with Crippen molar-refractivity contribution in [1.82, 2.24) is 19.7 Å². The lowest BCUT2D eigenvalue weighted by molar-refractivity contribution is -0.136. The molecule has 0 bridgehead atoms. The number of carboxylic acid groups (broad SMARTS) is 1. The number of hydrogen-bond acceptors (Lipinski definition) is 5. The van der Waals surface area contributed by atoms with E-state index in [0.29, 0.717) is 18.5 Å². The zero-order chi connectivity index (χ0) is 25.9. The molecule has 0 radical (unpaired) electrons. The SMILES string of the molecule is Cc1c(-n2nc(CCC(=O)O)cc2-c2ccccc2)ccc2[nH]c(CNc3ccc(C(=N)N)cc3)nc12. The normalized spacial score (nSPS) is 11.1. The zero-order valence-electron chi connectivity index (χ0n) is 20.3. The van der Waals surface area contributed by atoms with Crippen LogP contribution in [0.1, 0.15) is 29.1 Å². The quantitative estimate of drug-likeness (QED) is 0.149. The van der Waals surface area contributed by atoms with Gasteiger partial charge in [0.1, 0.15) is 11.7 Å². The van der Waals surface area contributed by atoms with Crippen LogP contribution < -0.4 is 11.1 Å². The van der Waals surface area contributed by atoms with Gasteiger partial charge in [0.25, 0.3) is 0 Å². The molecule has 0 unspecified atom stereocenters. The molecule has 0 saturated carbocycles. The number of aryl methyl sites for hydroxylation is 2. The molecule has 0 saturated heterocycles. The number of nitrogen functional groups attached to an aromatic ring is 1. The molecule has 9 heteroatoms. The van der Waals surface area contributed by atoms with Crippen molar-refractivity contribution in [3.8, 4) is 16.9 Å². The Balaban J connectivity index is 1.46. The van der Waals surface area contributed by atoms with E-state index in [4.69, 9.17) is 26.3 Å². The minimum absolute atomic E-state index is 0.0243. The molecule has 0 aliphatic rings. The van der Waals surface area contributed by atoms with Crippen LogP contribution in [0.3, 0.4) is 0 Å². The molecule has 0 fully saturated rings. The monoisotopic (exact) mass is 493 g/mol. The van der Waals surface area contributed by atoms with Crippen LogP contribution in [-0.2, 0) is 17.8 Å². The number of nitrogens with one attached hydrogen (secondary N) is 3. The molecular weight excluding hydrogens is 466 g/mol. The number of aliphatic carboxylic acids is 1. The Hall–Kier alpha value is -4.92. The third kappa shape index (κ3) is 5.06. The second-order valence-corrected chi connectivity index (χ2v) is 8.83. The molecule has 0 spiro atoms. The summed E-state index contributed by atoms with van der Waals surface area (Å²) in [7, 11) is 0. The zero-order valence-corrected chi connectivity index (χ0v) is 20.3. The number of anilines is 1. The van der Waals surface area contributed by atoms with E-state index in [9.17, 15) is 4.79 Å². The number of rotatable bonds is 9. The summed E-state index contributed by atoms with van der Waals surface area (Å²) >= 11 is 0. The van der Waals surface area contributed by atoms with Gasteiger partial charge in [0.2, 0.25) is 0 Å². The maximum Gasteiger partial charge on any atom is 0.303 e. The number of hydrogen-bond donors (Lipinski definition) is 5. The highest BCUT2D eigenvalue weighted by Gasteiger charge is 2.17. The van der Waals surface area contributed by atoms with E-state index in [1.165, 1.54) is 0 Å². The Morgan fingerprint density at radius 2 is 1.86 bits per heavy atom. The van der Waals surface area contributed by atoms with Crippen LogP contribution in [0.15, 0.2) is 72.8 Å². The molecule has 37 heavy (non-hydrogen) atoms. The number of fused-ring (bicyclic) bond motifs is 1. The van der Waals surface area contributed by atoms with Gasteiger partial charge in [0.05, 0.1) is 41.1 Å². The Labute approximate surface area is 213 Å². The molecule has 9 nitrogen and oxygen atoms in total. The Morgan fingerprint density at radius 3 is 2.57 bits per heavy atom. The number of aromatic nitrogens is 4.